The van der Waals surface area contributed by atoms with Gasteiger partial charge in [-0.2, -0.15) is 0 Å². The molecule has 154 valence electrons. The van der Waals surface area contributed by atoms with Crippen LogP contribution >= 0.6 is 0 Å². The zero-order valence-electron chi connectivity index (χ0n) is 17.7. The number of fused-ring (bicyclic) bond motifs is 5. The third-order valence-electron chi connectivity index (χ3n) is 9.27. The van der Waals surface area contributed by atoms with Gasteiger partial charge in [-0.15, -0.1) is 0 Å². The number of allylic oxidation sites excluding steroid dienone is 1. The summed E-state index contributed by atoms with van der Waals surface area (Å²) < 4.78 is 5.55. The summed E-state index contributed by atoms with van der Waals surface area (Å²) in [5, 5.41) is 0. The molecule has 0 aromatic heterocycles. The van der Waals surface area contributed by atoms with Crippen LogP contribution in [-0.2, 0) is 14.3 Å². The lowest BCUT2D eigenvalue weighted by molar-refractivity contribution is -0.148. The van der Waals surface area contributed by atoms with Gasteiger partial charge in [0.05, 0.1) is 0 Å². The molecule has 0 N–H and O–H groups in total. The molecule has 0 amide bonds. The molecule has 5 rings (SSSR count). The number of ketones is 1. The van der Waals surface area contributed by atoms with Crippen molar-refractivity contribution < 1.29 is 14.3 Å². The zero-order chi connectivity index (χ0) is 19.7. The Morgan fingerprint density at radius 3 is 2.64 bits per heavy atom. The highest BCUT2D eigenvalue weighted by molar-refractivity contribution is 5.89. The number of esters is 1. The van der Waals surface area contributed by atoms with E-state index in [1.54, 1.807) is 0 Å². The number of nitrogens with zero attached hydrogens (tertiary/aromatic N) is 1. The fourth-order valence-electron chi connectivity index (χ4n) is 7.63. The van der Waals surface area contributed by atoms with E-state index in [1.165, 1.54) is 32.0 Å². The summed E-state index contributed by atoms with van der Waals surface area (Å²) in [5.74, 6) is 2.59. The smallest absolute Gasteiger partial charge is 0.302 e. The van der Waals surface area contributed by atoms with Gasteiger partial charge in [0.1, 0.15) is 11.9 Å². The van der Waals surface area contributed by atoms with Crippen molar-refractivity contribution in [3.8, 4) is 0 Å². The van der Waals surface area contributed by atoms with Gasteiger partial charge in [0, 0.05) is 44.3 Å². The highest BCUT2D eigenvalue weighted by Crippen LogP contribution is 2.64. The van der Waals surface area contributed by atoms with Crippen LogP contribution in [0.25, 0.3) is 0 Å². The van der Waals surface area contributed by atoms with Gasteiger partial charge in [0.15, 0.2) is 0 Å². The number of hydrogen-bond donors (Lipinski definition) is 0. The lowest BCUT2D eigenvalue weighted by atomic mass is 9.48. The van der Waals surface area contributed by atoms with Crippen LogP contribution < -0.4 is 0 Å². The number of hydrogen-bond acceptors (Lipinski definition) is 4. The standard InChI is InChI=1S/C24H35NO3/c1-15(26)28-18-6-8-23(2)17(13-18)4-5-19-20(23)7-9-24(3)21(19)12-16(22(24)27)14-25-10-11-25/h4,16,18-21H,5-14H2,1-3H3/t16-,18-,19+,20-,21-,23-,24-/m0/s1. The Morgan fingerprint density at radius 1 is 1.18 bits per heavy atom. The molecule has 4 aliphatic carbocycles. The lowest BCUT2D eigenvalue weighted by Gasteiger charge is -2.56. The van der Waals surface area contributed by atoms with E-state index in [2.05, 4.69) is 24.8 Å². The van der Waals surface area contributed by atoms with Crippen molar-refractivity contribution in [3.63, 3.8) is 0 Å². The molecule has 4 fully saturated rings. The van der Waals surface area contributed by atoms with Crippen LogP contribution in [0.15, 0.2) is 11.6 Å². The van der Waals surface area contributed by atoms with E-state index >= 15 is 0 Å². The van der Waals surface area contributed by atoms with E-state index in [1.807, 2.05) is 0 Å². The van der Waals surface area contributed by atoms with E-state index in [-0.39, 0.29) is 28.8 Å². The Hall–Kier alpha value is -1.16. The van der Waals surface area contributed by atoms with Gasteiger partial charge in [-0.25, -0.2) is 0 Å². The predicted molar refractivity (Wildman–Crippen MR) is 108 cm³/mol. The van der Waals surface area contributed by atoms with Crippen molar-refractivity contribution in [1.82, 2.24) is 4.90 Å². The maximum atomic E-state index is 13.3. The van der Waals surface area contributed by atoms with Crippen molar-refractivity contribution in [2.24, 2.45) is 34.5 Å². The molecule has 28 heavy (non-hydrogen) atoms. The quantitative estimate of drug-likeness (QED) is 0.419. The highest BCUT2D eigenvalue weighted by Gasteiger charge is 2.61. The molecular formula is C24H35NO3. The molecule has 0 spiro atoms. The normalized spacial score (nSPS) is 47.6. The summed E-state index contributed by atoms with van der Waals surface area (Å²) in [6.07, 6.45) is 10.0. The van der Waals surface area contributed by atoms with Gasteiger partial charge in [-0.3, -0.25) is 9.59 Å². The van der Waals surface area contributed by atoms with Gasteiger partial charge in [-0.05, 0) is 61.7 Å². The molecule has 0 aromatic rings. The first kappa shape index (κ1) is 18.8. The first-order valence-corrected chi connectivity index (χ1v) is 11.4. The molecule has 1 aliphatic heterocycles. The van der Waals surface area contributed by atoms with Crippen LogP contribution in [0, 0.1) is 34.5 Å². The van der Waals surface area contributed by atoms with Crippen LogP contribution in [0.3, 0.4) is 0 Å². The Morgan fingerprint density at radius 2 is 1.93 bits per heavy atom. The first-order chi connectivity index (χ1) is 13.3. The molecular weight excluding hydrogens is 350 g/mol. The summed E-state index contributed by atoms with van der Waals surface area (Å²) in [6, 6.07) is 0. The minimum absolute atomic E-state index is 0.0623. The molecule has 4 heteroatoms. The van der Waals surface area contributed by atoms with Gasteiger partial charge in [0.2, 0.25) is 0 Å². The largest absolute Gasteiger partial charge is 0.462 e. The summed E-state index contributed by atoms with van der Waals surface area (Å²) in [4.78, 5) is 27.2. The molecule has 0 unspecified atom stereocenters. The van der Waals surface area contributed by atoms with Gasteiger partial charge < -0.3 is 9.64 Å². The highest BCUT2D eigenvalue weighted by atomic mass is 16.5. The molecule has 0 bridgehead atoms. The fourth-order valence-corrected chi connectivity index (χ4v) is 7.63. The first-order valence-electron chi connectivity index (χ1n) is 11.4. The second kappa shape index (κ2) is 6.42. The molecule has 4 nitrogen and oxygen atoms in total. The second-order valence-electron chi connectivity index (χ2n) is 10.8. The maximum absolute atomic E-state index is 13.3. The van der Waals surface area contributed by atoms with E-state index in [4.69, 9.17) is 4.74 Å². The zero-order valence-corrected chi connectivity index (χ0v) is 17.7. The molecule has 1 heterocycles. The number of carbonyl (C=O) groups is 2. The van der Waals surface area contributed by atoms with E-state index in [0.717, 1.165) is 45.1 Å². The van der Waals surface area contributed by atoms with Crippen LogP contribution in [0.4, 0.5) is 0 Å². The van der Waals surface area contributed by atoms with Crippen LogP contribution in [-0.4, -0.2) is 42.4 Å². The second-order valence-corrected chi connectivity index (χ2v) is 10.8. The van der Waals surface area contributed by atoms with Crippen molar-refractivity contribution >= 4 is 11.8 Å². The summed E-state index contributed by atoms with van der Waals surface area (Å²) in [7, 11) is 0. The lowest BCUT2D eigenvalue weighted by Crippen LogP contribution is -2.50. The van der Waals surface area contributed by atoms with Crippen molar-refractivity contribution in [1.29, 1.82) is 0 Å². The van der Waals surface area contributed by atoms with E-state index in [0.29, 0.717) is 23.5 Å². The summed E-state index contributed by atoms with van der Waals surface area (Å²) >= 11 is 0. The Bertz CT molecular complexity index is 725. The third-order valence-corrected chi connectivity index (χ3v) is 9.27. The number of ether oxygens (including phenoxy) is 1. The van der Waals surface area contributed by atoms with Crippen LogP contribution in [0.1, 0.15) is 65.7 Å². The minimum atomic E-state index is -0.154. The molecule has 0 radical (unpaired) electrons. The third kappa shape index (κ3) is 2.81. The molecule has 1 saturated heterocycles. The average molecular weight is 386 g/mol. The predicted octanol–water partition coefficient (Wildman–Crippen LogP) is 3.99. The Labute approximate surface area is 169 Å². The van der Waals surface area contributed by atoms with Crippen molar-refractivity contribution in [2.75, 3.05) is 19.6 Å². The molecule has 5 aliphatic rings. The number of Topliss-reactive ketones (excluding diaryl/α,β-unsaturated/α-hetero) is 1. The Kier molecular flexibility index (Phi) is 4.32. The molecule has 7 atom stereocenters. The minimum Gasteiger partial charge on any atom is -0.462 e. The van der Waals surface area contributed by atoms with E-state index < -0.39 is 0 Å². The average Bonchev–Trinajstić information content (AvgIpc) is 3.42. The van der Waals surface area contributed by atoms with Gasteiger partial charge >= 0.3 is 5.97 Å². The molecule has 3 saturated carbocycles. The number of rotatable bonds is 3. The van der Waals surface area contributed by atoms with Crippen molar-refractivity contribution in [3.05, 3.63) is 11.6 Å². The fraction of sp³-hybridized carbons (Fsp3) is 0.833. The summed E-state index contributed by atoms with van der Waals surface area (Å²) in [5.41, 5.74) is 1.68. The van der Waals surface area contributed by atoms with E-state index in [9.17, 15) is 9.59 Å². The Balaban J connectivity index is 1.38. The number of carbonyl (C=O) groups excluding carboxylic acids is 2. The van der Waals surface area contributed by atoms with Crippen LogP contribution in [0.2, 0.25) is 0 Å². The maximum Gasteiger partial charge on any atom is 0.302 e. The monoisotopic (exact) mass is 385 g/mol. The van der Waals surface area contributed by atoms with Crippen molar-refractivity contribution in [2.45, 2.75) is 71.8 Å². The SMILES string of the molecule is CC(=O)O[C@H]1CC[C@@]2(C)C(=CC[C@@H]3[C@@H]2CC[C@]2(C)C(=O)[C@H](CN4CC4)C[C@@H]32)C1. The summed E-state index contributed by atoms with van der Waals surface area (Å²) in [6.45, 7) is 9.65. The topological polar surface area (TPSA) is 46.4 Å². The van der Waals surface area contributed by atoms with Gasteiger partial charge in [-0.1, -0.05) is 25.5 Å². The van der Waals surface area contributed by atoms with Crippen LogP contribution in [0.5, 0.6) is 0 Å². The molecule has 0 aromatic carbocycles. The van der Waals surface area contributed by atoms with Gasteiger partial charge in [0.25, 0.3) is 0 Å².